The van der Waals surface area contributed by atoms with Crippen molar-refractivity contribution in [3.05, 3.63) is 100 Å². The number of hydrogen-bond acceptors (Lipinski definition) is 7. The predicted molar refractivity (Wildman–Crippen MR) is 163 cm³/mol. The number of nitrogens with zero attached hydrogens (tertiary/aromatic N) is 4. The van der Waals surface area contributed by atoms with Gasteiger partial charge in [0.25, 0.3) is 5.91 Å². The standard InChI is InChI=1S/C32H31ClN6O2/c1-34-22-8-7-15-39(19-22)31(40)24-9-3-5-11-27(24)37-32-36-18-20-17-35-30(25-10-4-6-12-28(25)41-2)26-16-21(33)13-14-23(26)29(20)38-32/h3-6,9-14,16,18,22,34H,7-8,15,17,19H2,1-2H3,(H,36,37,38). The molecule has 9 heteroatoms. The van der Waals surface area contributed by atoms with Crippen LogP contribution in [0.15, 0.2) is 77.9 Å². The number of aliphatic imine (C=N–C) groups is 1. The summed E-state index contributed by atoms with van der Waals surface area (Å²) in [6.45, 7) is 1.83. The van der Waals surface area contributed by atoms with Gasteiger partial charge in [-0.05, 0) is 56.3 Å². The minimum absolute atomic E-state index is 0.00218. The summed E-state index contributed by atoms with van der Waals surface area (Å²) in [5.74, 6) is 1.13. The SMILES string of the molecule is CNC1CCCN(C(=O)c2ccccc2Nc2ncc3c(n2)-c2ccc(Cl)cc2C(c2ccccc2OC)=NC3)C1. The molecule has 3 aromatic carbocycles. The highest BCUT2D eigenvalue weighted by molar-refractivity contribution is 6.31. The van der Waals surface area contributed by atoms with E-state index in [9.17, 15) is 4.79 Å². The summed E-state index contributed by atoms with van der Waals surface area (Å²) in [4.78, 5) is 30.0. The van der Waals surface area contributed by atoms with Gasteiger partial charge in [0.15, 0.2) is 0 Å². The lowest BCUT2D eigenvalue weighted by Crippen LogP contribution is -2.47. The molecule has 2 N–H and O–H groups in total. The fraction of sp³-hybridized carbons (Fsp3) is 0.250. The Morgan fingerprint density at radius 3 is 2.73 bits per heavy atom. The number of halogens is 1. The molecule has 1 atom stereocenters. The number of likely N-dealkylation sites (tertiary alicyclic amines) is 1. The number of hydrogen-bond donors (Lipinski definition) is 2. The summed E-state index contributed by atoms with van der Waals surface area (Å²) in [6, 6.07) is 21.4. The van der Waals surface area contributed by atoms with Crippen LogP contribution in [0.5, 0.6) is 5.75 Å². The quantitative estimate of drug-likeness (QED) is 0.310. The van der Waals surface area contributed by atoms with E-state index >= 15 is 0 Å². The third-order valence-corrected chi connectivity index (χ3v) is 7.88. The lowest BCUT2D eigenvalue weighted by Gasteiger charge is -2.33. The molecule has 1 amide bonds. The maximum Gasteiger partial charge on any atom is 0.256 e. The molecule has 1 aromatic heterocycles. The van der Waals surface area contributed by atoms with Crippen molar-refractivity contribution in [3.8, 4) is 17.0 Å². The van der Waals surface area contributed by atoms with Crippen molar-refractivity contribution >= 4 is 34.9 Å². The fourth-order valence-electron chi connectivity index (χ4n) is 5.52. The van der Waals surface area contributed by atoms with Gasteiger partial charge in [-0.1, -0.05) is 41.9 Å². The van der Waals surface area contributed by atoms with E-state index in [1.165, 1.54) is 0 Å². The van der Waals surface area contributed by atoms with Gasteiger partial charge in [0, 0.05) is 52.6 Å². The minimum Gasteiger partial charge on any atom is -0.496 e. The zero-order valence-electron chi connectivity index (χ0n) is 23.0. The Hall–Kier alpha value is -4.27. The number of benzene rings is 3. The number of carbonyl (C=O) groups excluding carboxylic acids is 1. The third kappa shape index (κ3) is 5.40. The zero-order valence-corrected chi connectivity index (χ0v) is 23.8. The van der Waals surface area contributed by atoms with Crippen LogP contribution in [0.2, 0.25) is 5.02 Å². The van der Waals surface area contributed by atoms with Gasteiger partial charge >= 0.3 is 0 Å². The first kappa shape index (κ1) is 26.9. The van der Waals surface area contributed by atoms with Gasteiger partial charge in [0.05, 0.1) is 36.3 Å². The molecule has 8 nitrogen and oxygen atoms in total. The molecule has 0 spiro atoms. The van der Waals surface area contributed by atoms with Crippen molar-refractivity contribution in [2.24, 2.45) is 4.99 Å². The smallest absolute Gasteiger partial charge is 0.256 e. The second-order valence-corrected chi connectivity index (χ2v) is 10.6. The maximum absolute atomic E-state index is 13.5. The largest absolute Gasteiger partial charge is 0.496 e. The van der Waals surface area contributed by atoms with E-state index in [1.807, 2.05) is 78.7 Å². The summed E-state index contributed by atoms with van der Waals surface area (Å²) >= 11 is 6.48. The second-order valence-electron chi connectivity index (χ2n) is 10.2. The average molecular weight is 567 g/mol. The van der Waals surface area contributed by atoms with Crippen LogP contribution >= 0.6 is 11.6 Å². The van der Waals surface area contributed by atoms with Crippen molar-refractivity contribution in [1.29, 1.82) is 0 Å². The molecule has 0 bridgehead atoms. The molecule has 0 saturated carbocycles. The van der Waals surface area contributed by atoms with Gasteiger partial charge in [-0.3, -0.25) is 9.79 Å². The number of aromatic nitrogens is 2. The molecule has 2 aliphatic heterocycles. The lowest BCUT2D eigenvalue weighted by atomic mass is 9.95. The van der Waals surface area contributed by atoms with Gasteiger partial charge in [0.1, 0.15) is 5.75 Å². The molecule has 1 saturated heterocycles. The number of rotatable bonds is 6. The van der Waals surface area contributed by atoms with Crippen molar-refractivity contribution in [1.82, 2.24) is 20.2 Å². The number of para-hydroxylation sites is 2. The highest BCUT2D eigenvalue weighted by Gasteiger charge is 2.26. The molecule has 41 heavy (non-hydrogen) atoms. The van der Waals surface area contributed by atoms with Crippen LogP contribution in [0.3, 0.4) is 0 Å². The van der Waals surface area contributed by atoms with Crippen molar-refractivity contribution in [2.45, 2.75) is 25.4 Å². The Labute approximate surface area is 244 Å². The molecule has 208 valence electrons. The van der Waals surface area contributed by atoms with E-state index < -0.39 is 0 Å². The van der Waals surface area contributed by atoms with Crippen LogP contribution in [0.25, 0.3) is 11.3 Å². The molecule has 1 fully saturated rings. The Balaban J connectivity index is 1.36. The number of amides is 1. The van der Waals surface area contributed by atoms with Gasteiger partial charge < -0.3 is 20.3 Å². The molecule has 6 rings (SSSR count). The van der Waals surface area contributed by atoms with E-state index in [4.69, 9.17) is 26.3 Å². The fourth-order valence-corrected chi connectivity index (χ4v) is 5.69. The first-order valence-corrected chi connectivity index (χ1v) is 14.1. The number of carbonyl (C=O) groups is 1. The van der Waals surface area contributed by atoms with Crippen molar-refractivity contribution < 1.29 is 9.53 Å². The van der Waals surface area contributed by atoms with E-state index in [-0.39, 0.29) is 5.91 Å². The molecular formula is C32H31ClN6O2. The highest BCUT2D eigenvalue weighted by atomic mass is 35.5. The monoisotopic (exact) mass is 566 g/mol. The average Bonchev–Trinajstić information content (AvgIpc) is 3.17. The number of fused-ring (bicyclic) bond motifs is 3. The first-order chi connectivity index (χ1) is 20.1. The van der Waals surface area contributed by atoms with Crippen LogP contribution in [-0.4, -0.2) is 59.8 Å². The Morgan fingerprint density at radius 2 is 1.88 bits per heavy atom. The zero-order chi connectivity index (χ0) is 28.3. The number of ether oxygens (including phenoxy) is 1. The van der Waals surface area contributed by atoms with Gasteiger partial charge in [-0.15, -0.1) is 0 Å². The van der Waals surface area contributed by atoms with E-state index in [0.29, 0.717) is 41.4 Å². The normalized spacial score (nSPS) is 16.2. The Morgan fingerprint density at radius 1 is 1.05 bits per heavy atom. The van der Waals surface area contributed by atoms with E-state index in [0.717, 1.165) is 58.8 Å². The number of nitrogens with one attached hydrogen (secondary N) is 2. The van der Waals surface area contributed by atoms with Crippen LogP contribution in [-0.2, 0) is 6.54 Å². The summed E-state index contributed by atoms with van der Waals surface area (Å²) in [5.41, 5.74) is 6.34. The van der Waals surface area contributed by atoms with Crippen molar-refractivity contribution in [2.75, 3.05) is 32.6 Å². The number of piperidine rings is 1. The Kier molecular flexibility index (Phi) is 7.67. The van der Waals surface area contributed by atoms with Crippen LogP contribution in [0.4, 0.5) is 11.6 Å². The maximum atomic E-state index is 13.5. The summed E-state index contributed by atoms with van der Waals surface area (Å²) in [5, 5.41) is 7.23. The third-order valence-electron chi connectivity index (χ3n) is 7.65. The van der Waals surface area contributed by atoms with Crippen LogP contribution in [0.1, 0.15) is 39.9 Å². The van der Waals surface area contributed by atoms with Crippen LogP contribution < -0.4 is 15.4 Å². The van der Waals surface area contributed by atoms with Crippen LogP contribution in [0, 0.1) is 0 Å². The van der Waals surface area contributed by atoms with Gasteiger partial charge in [-0.25, -0.2) is 9.97 Å². The molecule has 4 aromatic rings. The van der Waals surface area contributed by atoms with Gasteiger partial charge in [0.2, 0.25) is 5.95 Å². The predicted octanol–water partition coefficient (Wildman–Crippen LogP) is 5.72. The second kappa shape index (κ2) is 11.7. The van der Waals surface area contributed by atoms with E-state index in [1.54, 1.807) is 13.3 Å². The topological polar surface area (TPSA) is 91.7 Å². The number of methoxy groups -OCH3 is 1. The molecule has 0 radical (unpaired) electrons. The molecular weight excluding hydrogens is 536 g/mol. The van der Waals surface area contributed by atoms with Crippen molar-refractivity contribution in [3.63, 3.8) is 0 Å². The highest BCUT2D eigenvalue weighted by Crippen LogP contribution is 2.35. The van der Waals surface area contributed by atoms with Gasteiger partial charge in [-0.2, -0.15) is 0 Å². The molecule has 0 aliphatic carbocycles. The number of likely N-dealkylation sites (N-methyl/N-ethyl adjacent to an activating group) is 1. The molecule has 3 heterocycles. The molecule has 2 aliphatic rings. The Bertz CT molecular complexity index is 1640. The number of anilines is 2. The summed E-state index contributed by atoms with van der Waals surface area (Å²) < 4.78 is 5.65. The lowest BCUT2D eigenvalue weighted by molar-refractivity contribution is 0.0699. The van der Waals surface area contributed by atoms with E-state index in [2.05, 4.69) is 15.6 Å². The summed E-state index contributed by atoms with van der Waals surface area (Å²) in [7, 11) is 3.60. The first-order valence-electron chi connectivity index (χ1n) is 13.7. The summed E-state index contributed by atoms with van der Waals surface area (Å²) in [6.07, 6.45) is 3.84. The molecule has 1 unspecified atom stereocenters. The minimum atomic E-state index is -0.00218.